The molecule has 43 heavy (non-hydrogen) atoms. The highest BCUT2D eigenvalue weighted by atomic mass is 19.1. The molecular formula is C30H36FN5O7. The zero-order valence-corrected chi connectivity index (χ0v) is 24.0. The molecule has 1 saturated heterocycles. The van der Waals surface area contributed by atoms with Crippen molar-refractivity contribution in [1.29, 1.82) is 5.41 Å². The number of aromatic hydroxyl groups is 1. The number of rotatable bonds is 5. The number of benzene rings is 1. The summed E-state index contributed by atoms with van der Waals surface area (Å²) in [5.74, 6) is -6.39. The number of Topliss-reactive ketones (excluding diaryl/α,β-unsaturated/α-hetero) is 1. The first-order chi connectivity index (χ1) is 20.2. The van der Waals surface area contributed by atoms with Gasteiger partial charge in [-0.3, -0.25) is 24.2 Å². The van der Waals surface area contributed by atoms with E-state index >= 15 is 4.39 Å². The lowest BCUT2D eigenvalue weighted by molar-refractivity contribution is -0.117. The van der Waals surface area contributed by atoms with Gasteiger partial charge in [0.25, 0.3) is 5.91 Å². The fraction of sp³-hybridized carbons (Fsp3) is 0.533. The van der Waals surface area contributed by atoms with E-state index in [0.717, 1.165) is 32.0 Å². The van der Waals surface area contributed by atoms with Gasteiger partial charge in [-0.15, -0.1) is 0 Å². The van der Waals surface area contributed by atoms with E-state index in [4.69, 9.17) is 11.1 Å². The number of carbonyl (C=O) groups excluding carboxylic acids is 3. The zero-order valence-electron chi connectivity index (χ0n) is 24.0. The number of likely N-dealkylation sites (tertiary alicyclic amines) is 1. The molecule has 6 atom stereocenters. The standard InChI is InChI=1S/C30H36FN5O7/c1-35(2)23-16-7-14-6-15-17(31)8-18(34-19(37)11-36-9-12-4-3-5-13(12)10-36)24(38)21(15)25(39)20(14)28(41)30(16,43)27(32)22(26(23)40)29(33)42/h8,12-14,16,23,32,38,40-41,43H,3-7,9-11H2,1-2H3,(H2,33,42)(H,34,37)/t12?,13?,14-,16-,23-,30+/m0/s1. The monoisotopic (exact) mass is 597 g/mol. The van der Waals surface area contributed by atoms with Gasteiger partial charge in [-0.1, -0.05) is 6.42 Å². The molecule has 1 aliphatic heterocycles. The molecule has 6 rings (SSSR count). The van der Waals surface area contributed by atoms with E-state index in [0.29, 0.717) is 11.8 Å². The van der Waals surface area contributed by atoms with Gasteiger partial charge < -0.3 is 36.9 Å². The quantitative estimate of drug-likeness (QED) is 0.245. The van der Waals surface area contributed by atoms with E-state index in [9.17, 15) is 34.8 Å². The van der Waals surface area contributed by atoms with Crippen molar-refractivity contribution in [2.24, 2.45) is 29.4 Å². The molecule has 2 amide bonds. The van der Waals surface area contributed by atoms with Crippen LogP contribution >= 0.6 is 0 Å². The molecule has 1 aromatic rings. The summed E-state index contributed by atoms with van der Waals surface area (Å²) < 4.78 is 15.5. The Morgan fingerprint density at radius 2 is 1.86 bits per heavy atom. The van der Waals surface area contributed by atoms with Crippen molar-refractivity contribution in [3.05, 3.63) is 45.7 Å². The van der Waals surface area contributed by atoms with Crippen LogP contribution in [-0.2, 0) is 16.0 Å². The number of hydrogen-bond acceptors (Lipinski definition) is 10. The number of primary amides is 1. The molecule has 230 valence electrons. The number of nitrogens with zero attached hydrogens (tertiary/aromatic N) is 2. The van der Waals surface area contributed by atoms with Crippen LogP contribution in [0.3, 0.4) is 0 Å². The largest absolute Gasteiger partial charge is 0.510 e. The molecule has 2 unspecified atom stereocenters. The van der Waals surface area contributed by atoms with Gasteiger partial charge in [-0.05, 0) is 57.5 Å². The number of amides is 2. The van der Waals surface area contributed by atoms with Gasteiger partial charge in [0.1, 0.15) is 22.9 Å². The maximum Gasteiger partial charge on any atom is 0.254 e. The van der Waals surface area contributed by atoms with Crippen LogP contribution < -0.4 is 11.1 Å². The van der Waals surface area contributed by atoms with Crippen LogP contribution in [0.25, 0.3) is 0 Å². The first-order valence-corrected chi connectivity index (χ1v) is 14.5. The molecule has 0 radical (unpaired) electrons. The summed E-state index contributed by atoms with van der Waals surface area (Å²) in [7, 11) is 3.13. The molecule has 1 saturated carbocycles. The second-order valence-electron chi connectivity index (χ2n) is 12.8. The molecule has 0 spiro atoms. The number of aliphatic hydroxyl groups excluding tert-OH is 2. The predicted octanol–water partition coefficient (Wildman–Crippen LogP) is 1.38. The normalized spacial score (nSPS) is 32.1. The van der Waals surface area contributed by atoms with E-state index in [2.05, 4.69) is 5.32 Å². The Balaban J connectivity index is 1.35. The van der Waals surface area contributed by atoms with Crippen LogP contribution in [0.15, 0.2) is 28.7 Å². The van der Waals surface area contributed by atoms with E-state index < -0.39 is 81.0 Å². The first kappa shape index (κ1) is 29.3. The van der Waals surface area contributed by atoms with Crippen LogP contribution in [0.2, 0.25) is 0 Å². The number of halogens is 1. The summed E-state index contributed by atoms with van der Waals surface area (Å²) in [5.41, 5.74) is 0.139. The fourth-order valence-electron chi connectivity index (χ4n) is 8.27. The molecule has 1 heterocycles. The second-order valence-corrected chi connectivity index (χ2v) is 12.8. The lowest BCUT2D eigenvalue weighted by Gasteiger charge is -2.51. The molecule has 8 N–H and O–H groups in total. The minimum Gasteiger partial charge on any atom is -0.510 e. The van der Waals surface area contributed by atoms with E-state index in [1.165, 1.54) is 11.3 Å². The number of likely N-dealkylation sites (N-methyl/N-ethyl adjacent to an activating group) is 1. The summed E-state index contributed by atoms with van der Waals surface area (Å²) in [5, 5.41) is 56.4. The van der Waals surface area contributed by atoms with Gasteiger partial charge in [0.2, 0.25) is 5.91 Å². The van der Waals surface area contributed by atoms with Crippen molar-refractivity contribution >= 4 is 29.0 Å². The molecule has 13 heteroatoms. The molecule has 12 nitrogen and oxygen atoms in total. The summed E-state index contributed by atoms with van der Waals surface area (Å²) in [6.45, 7) is 1.65. The Hall–Kier alpha value is -3.81. The van der Waals surface area contributed by atoms with Crippen molar-refractivity contribution in [3.8, 4) is 5.75 Å². The first-order valence-electron chi connectivity index (χ1n) is 14.5. The van der Waals surface area contributed by atoms with Gasteiger partial charge in [0, 0.05) is 36.2 Å². The van der Waals surface area contributed by atoms with E-state index in [1.54, 1.807) is 14.1 Å². The molecular weight excluding hydrogens is 561 g/mol. The van der Waals surface area contributed by atoms with Gasteiger partial charge in [-0.25, -0.2) is 4.39 Å². The Bertz CT molecular complexity index is 1520. The number of anilines is 1. The number of hydrogen-bond donors (Lipinski definition) is 7. The highest BCUT2D eigenvalue weighted by Crippen LogP contribution is 2.53. The van der Waals surface area contributed by atoms with Gasteiger partial charge in [0.15, 0.2) is 17.1 Å². The van der Waals surface area contributed by atoms with Gasteiger partial charge in [0.05, 0.1) is 29.5 Å². The number of ketones is 1. The topological polar surface area (TPSA) is 201 Å². The molecule has 2 fully saturated rings. The lowest BCUT2D eigenvalue weighted by Crippen LogP contribution is -2.63. The molecule has 4 aliphatic carbocycles. The summed E-state index contributed by atoms with van der Waals surface area (Å²) in [4.78, 5) is 42.5. The highest BCUT2D eigenvalue weighted by Gasteiger charge is 2.61. The van der Waals surface area contributed by atoms with Crippen LogP contribution in [-0.4, -0.2) is 98.9 Å². The average molecular weight is 598 g/mol. The van der Waals surface area contributed by atoms with Crippen molar-refractivity contribution in [2.45, 2.75) is 43.7 Å². The second kappa shape index (κ2) is 10.1. The average Bonchev–Trinajstić information content (AvgIpc) is 3.50. The van der Waals surface area contributed by atoms with Gasteiger partial charge >= 0.3 is 0 Å². The van der Waals surface area contributed by atoms with Crippen molar-refractivity contribution in [2.75, 3.05) is 39.0 Å². The number of carbonyl (C=O) groups is 3. The molecule has 1 aromatic carbocycles. The number of nitrogens with two attached hydrogens (primary N) is 1. The summed E-state index contributed by atoms with van der Waals surface area (Å²) in [6, 6.07) is -0.0916. The maximum atomic E-state index is 15.5. The number of phenolic OH excluding ortho intramolecular Hbond substituents is 1. The predicted molar refractivity (Wildman–Crippen MR) is 152 cm³/mol. The Labute approximate surface area is 247 Å². The van der Waals surface area contributed by atoms with E-state index in [-0.39, 0.29) is 36.2 Å². The smallest absolute Gasteiger partial charge is 0.254 e. The molecule has 5 aliphatic rings. The van der Waals surface area contributed by atoms with Crippen LogP contribution in [0, 0.1) is 34.9 Å². The Morgan fingerprint density at radius 1 is 1.21 bits per heavy atom. The number of allylic oxidation sites excluding steroid dienone is 1. The summed E-state index contributed by atoms with van der Waals surface area (Å²) in [6.07, 6.45) is 3.26. The van der Waals surface area contributed by atoms with Crippen molar-refractivity contribution in [3.63, 3.8) is 0 Å². The summed E-state index contributed by atoms with van der Waals surface area (Å²) >= 11 is 0. The third-order valence-corrected chi connectivity index (χ3v) is 10.2. The third-order valence-electron chi connectivity index (χ3n) is 10.2. The van der Waals surface area contributed by atoms with Crippen molar-refractivity contribution < 1.29 is 39.2 Å². The molecule has 0 bridgehead atoms. The SMILES string of the molecule is CN(C)[C@@H]1C(O)=C(C(N)=O)C(=N)[C@@]2(O)C(O)=C3C(=O)c4c(O)c(NC(=O)CN5CC6CCCC6C5)cc(F)c4C[C@H]3C[C@@H]12. The molecule has 0 aromatic heterocycles. The van der Waals surface area contributed by atoms with Gasteiger partial charge in [-0.2, -0.15) is 0 Å². The Morgan fingerprint density at radius 3 is 2.47 bits per heavy atom. The minimum atomic E-state index is -2.57. The van der Waals surface area contributed by atoms with Crippen LogP contribution in [0.5, 0.6) is 5.75 Å². The van der Waals surface area contributed by atoms with Crippen LogP contribution in [0.4, 0.5) is 10.1 Å². The Kier molecular flexibility index (Phi) is 6.90. The van der Waals surface area contributed by atoms with Crippen LogP contribution in [0.1, 0.15) is 41.6 Å². The third kappa shape index (κ3) is 4.27. The maximum absolute atomic E-state index is 15.5. The number of fused-ring (bicyclic) bond motifs is 4. The lowest BCUT2D eigenvalue weighted by atomic mass is 9.58. The minimum absolute atomic E-state index is 0.0548. The number of phenols is 1. The van der Waals surface area contributed by atoms with E-state index in [1.807, 2.05) is 4.90 Å². The highest BCUT2D eigenvalue weighted by molar-refractivity contribution is 6.26. The zero-order chi connectivity index (χ0) is 31.1. The number of aliphatic hydroxyl groups is 3. The fourth-order valence-corrected chi connectivity index (χ4v) is 8.27. The number of nitrogens with one attached hydrogen (secondary N) is 2. The van der Waals surface area contributed by atoms with Crippen molar-refractivity contribution in [1.82, 2.24) is 9.80 Å².